The fourth-order valence-corrected chi connectivity index (χ4v) is 2.62. The first-order valence-electron chi connectivity index (χ1n) is 7.14. The third-order valence-electron chi connectivity index (χ3n) is 3.67. The summed E-state index contributed by atoms with van der Waals surface area (Å²) in [7, 11) is 0. The van der Waals surface area contributed by atoms with Crippen LogP contribution in [0.25, 0.3) is 0 Å². The molecule has 0 aliphatic heterocycles. The Morgan fingerprint density at radius 1 is 1.29 bits per heavy atom. The second-order valence-electron chi connectivity index (χ2n) is 5.54. The summed E-state index contributed by atoms with van der Waals surface area (Å²) < 4.78 is 0. The highest BCUT2D eigenvalue weighted by Crippen LogP contribution is 2.22. The molecule has 1 aliphatic carbocycles. The summed E-state index contributed by atoms with van der Waals surface area (Å²) in [4.78, 5) is 11.8. The summed E-state index contributed by atoms with van der Waals surface area (Å²) in [6.45, 7) is 7.38. The molecule has 3 unspecified atom stereocenters. The van der Waals surface area contributed by atoms with Gasteiger partial charge in [-0.25, -0.2) is 0 Å². The summed E-state index contributed by atoms with van der Waals surface area (Å²) >= 11 is 0. The minimum atomic E-state index is 0.206. The van der Waals surface area contributed by atoms with Crippen molar-refractivity contribution in [3.8, 4) is 0 Å². The normalized spacial score (nSPS) is 27.2. The van der Waals surface area contributed by atoms with Gasteiger partial charge in [-0.2, -0.15) is 0 Å². The predicted molar refractivity (Wildman–Crippen MR) is 71.9 cm³/mol. The van der Waals surface area contributed by atoms with Crippen LogP contribution in [0.3, 0.4) is 0 Å². The Bertz CT molecular complexity index is 230. The molecule has 1 saturated carbocycles. The van der Waals surface area contributed by atoms with Crippen LogP contribution in [0.2, 0.25) is 0 Å². The van der Waals surface area contributed by atoms with Crippen LogP contribution in [-0.4, -0.2) is 24.5 Å². The molecule has 0 radical (unpaired) electrons. The number of nitrogens with one attached hydrogen (secondary N) is 2. The average Bonchev–Trinajstić information content (AvgIpc) is 2.44. The Balaban J connectivity index is 2.25. The van der Waals surface area contributed by atoms with Crippen molar-refractivity contribution in [3.63, 3.8) is 0 Å². The van der Waals surface area contributed by atoms with Crippen molar-refractivity contribution in [3.05, 3.63) is 0 Å². The van der Waals surface area contributed by atoms with Crippen molar-refractivity contribution in [2.24, 2.45) is 5.92 Å². The van der Waals surface area contributed by atoms with Crippen LogP contribution in [0.15, 0.2) is 0 Å². The van der Waals surface area contributed by atoms with Gasteiger partial charge in [0, 0.05) is 18.5 Å². The van der Waals surface area contributed by atoms with Gasteiger partial charge in [0.05, 0.1) is 0 Å². The van der Waals surface area contributed by atoms with E-state index in [-0.39, 0.29) is 11.9 Å². The van der Waals surface area contributed by atoms with E-state index in [1.165, 1.54) is 19.3 Å². The molecule has 0 aromatic carbocycles. The van der Waals surface area contributed by atoms with Gasteiger partial charge in [0.15, 0.2) is 0 Å². The second-order valence-corrected chi connectivity index (χ2v) is 5.54. The maximum absolute atomic E-state index is 11.8. The SMILES string of the molecule is CCNC(C)CC(=O)NC1CCCC(C)CC1. The molecule has 0 aromatic heterocycles. The molecule has 0 saturated heterocycles. The van der Waals surface area contributed by atoms with E-state index in [9.17, 15) is 4.79 Å². The van der Waals surface area contributed by atoms with Crippen molar-refractivity contribution in [1.82, 2.24) is 10.6 Å². The van der Waals surface area contributed by atoms with Gasteiger partial charge in [0.25, 0.3) is 0 Å². The Hall–Kier alpha value is -0.570. The number of hydrogen-bond donors (Lipinski definition) is 2. The van der Waals surface area contributed by atoms with Crippen molar-refractivity contribution in [2.45, 2.75) is 71.4 Å². The Morgan fingerprint density at radius 2 is 2.06 bits per heavy atom. The van der Waals surface area contributed by atoms with E-state index < -0.39 is 0 Å². The molecule has 17 heavy (non-hydrogen) atoms. The lowest BCUT2D eigenvalue weighted by Gasteiger charge is -2.18. The van der Waals surface area contributed by atoms with Gasteiger partial charge in [0.1, 0.15) is 0 Å². The van der Waals surface area contributed by atoms with E-state index in [1.54, 1.807) is 0 Å². The van der Waals surface area contributed by atoms with Gasteiger partial charge in [-0.15, -0.1) is 0 Å². The minimum absolute atomic E-state index is 0.206. The van der Waals surface area contributed by atoms with Gasteiger partial charge >= 0.3 is 0 Å². The van der Waals surface area contributed by atoms with Crippen molar-refractivity contribution in [2.75, 3.05) is 6.54 Å². The molecule has 0 bridgehead atoms. The molecule has 3 nitrogen and oxygen atoms in total. The van der Waals surface area contributed by atoms with Gasteiger partial charge in [-0.1, -0.05) is 26.7 Å². The number of carbonyl (C=O) groups is 1. The van der Waals surface area contributed by atoms with Crippen LogP contribution in [0.4, 0.5) is 0 Å². The molecular weight excluding hydrogens is 212 g/mol. The highest BCUT2D eigenvalue weighted by atomic mass is 16.1. The maximum atomic E-state index is 11.8. The number of amides is 1. The third-order valence-corrected chi connectivity index (χ3v) is 3.67. The quantitative estimate of drug-likeness (QED) is 0.725. The highest BCUT2D eigenvalue weighted by Gasteiger charge is 2.18. The summed E-state index contributed by atoms with van der Waals surface area (Å²) in [5, 5.41) is 6.46. The highest BCUT2D eigenvalue weighted by molar-refractivity contribution is 5.76. The van der Waals surface area contributed by atoms with Crippen LogP contribution < -0.4 is 10.6 Å². The molecule has 3 heteroatoms. The first-order valence-corrected chi connectivity index (χ1v) is 7.14. The Kier molecular flexibility index (Phi) is 6.56. The Labute approximate surface area is 106 Å². The molecular formula is C14H28N2O. The first-order chi connectivity index (χ1) is 8.11. The van der Waals surface area contributed by atoms with E-state index >= 15 is 0 Å². The summed E-state index contributed by atoms with van der Waals surface area (Å²) in [5.74, 6) is 1.04. The zero-order chi connectivity index (χ0) is 12.7. The van der Waals surface area contributed by atoms with Crippen molar-refractivity contribution in [1.29, 1.82) is 0 Å². The fraction of sp³-hybridized carbons (Fsp3) is 0.929. The van der Waals surface area contributed by atoms with Gasteiger partial charge in [-0.3, -0.25) is 4.79 Å². The lowest BCUT2D eigenvalue weighted by atomic mass is 10.0. The zero-order valence-corrected chi connectivity index (χ0v) is 11.6. The average molecular weight is 240 g/mol. The van der Waals surface area contributed by atoms with Gasteiger partial charge in [0.2, 0.25) is 5.91 Å². The summed E-state index contributed by atoms with van der Waals surface area (Å²) in [5.41, 5.74) is 0. The molecule has 100 valence electrons. The minimum Gasteiger partial charge on any atom is -0.353 e. The van der Waals surface area contributed by atoms with Crippen LogP contribution in [0.5, 0.6) is 0 Å². The van der Waals surface area contributed by atoms with E-state index in [0.717, 1.165) is 25.3 Å². The molecule has 0 spiro atoms. The molecule has 0 heterocycles. The molecule has 1 fully saturated rings. The fourth-order valence-electron chi connectivity index (χ4n) is 2.62. The second kappa shape index (κ2) is 7.70. The topological polar surface area (TPSA) is 41.1 Å². The van der Waals surface area contributed by atoms with Gasteiger partial charge in [-0.05, 0) is 38.6 Å². The number of rotatable bonds is 5. The van der Waals surface area contributed by atoms with Crippen molar-refractivity contribution >= 4 is 5.91 Å². The monoisotopic (exact) mass is 240 g/mol. The van der Waals surface area contributed by atoms with Crippen LogP contribution in [0.1, 0.15) is 59.3 Å². The lowest BCUT2D eigenvalue weighted by Crippen LogP contribution is -2.38. The van der Waals surface area contributed by atoms with Crippen LogP contribution in [0, 0.1) is 5.92 Å². The van der Waals surface area contributed by atoms with Crippen LogP contribution in [-0.2, 0) is 4.79 Å². The Morgan fingerprint density at radius 3 is 2.76 bits per heavy atom. The molecule has 3 atom stereocenters. The first kappa shape index (κ1) is 14.5. The molecule has 1 amide bonds. The third kappa shape index (κ3) is 6.06. The van der Waals surface area contributed by atoms with E-state index in [0.29, 0.717) is 12.5 Å². The number of hydrogen-bond acceptors (Lipinski definition) is 2. The maximum Gasteiger partial charge on any atom is 0.221 e. The summed E-state index contributed by atoms with van der Waals surface area (Å²) in [6.07, 6.45) is 6.75. The van der Waals surface area contributed by atoms with Crippen LogP contribution >= 0.6 is 0 Å². The molecule has 1 rings (SSSR count). The zero-order valence-electron chi connectivity index (χ0n) is 11.6. The lowest BCUT2D eigenvalue weighted by molar-refractivity contribution is -0.122. The molecule has 1 aliphatic rings. The van der Waals surface area contributed by atoms with E-state index in [2.05, 4.69) is 31.4 Å². The molecule has 2 N–H and O–H groups in total. The smallest absolute Gasteiger partial charge is 0.221 e. The van der Waals surface area contributed by atoms with E-state index in [1.807, 2.05) is 0 Å². The largest absolute Gasteiger partial charge is 0.353 e. The number of carbonyl (C=O) groups excluding carboxylic acids is 1. The predicted octanol–water partition coefficient (Wildman–Crippen LogP) is 2.46. The van der Waals surface area contributed by atoms with E-state index in [4.69, 9.17) is 0 Å². The van der Waals surface area contributed by atoms with Crippen molar-refractivity contribution < 1.29 is 4.79 Å². The summed E-state index contributed by atoms with van der Waals surface area (Å²) in [6, 6.07) is 0.700. The van der Waals surface area contributed by atoms with Gasteiger partial charge < -0.3 is 10.6 Å². The molecule has 0 aromatic rings. The standard InChI is InChI=1S/C14H28N2O/c1-4-15-12(3)10-14(17)16-13-7-5-6-11(2)8-9-13/h11-13,15H,4-10H2,1-3H3,(H,16,17).